The molecular formula is C20H18N2O4. The smallest absolute Gasteiger partial charge is 0.336 e. The molecule has 132 valence electrons. The number of fused-ring (bicyclic) bond motifs is 1. The second kappa shape index (κ2) is 7.65. The van der Waals surface area contributed by atoms with Crippen molar-refractivity contribution in [1.82, 2.24) is 5.32 Å². The van der Waals surface area contributed by atoms with E-state index in [1.54, 1.807) is 32.3 Å². The summed E-state index contributed by atoms with van der Waals surface area (Å²) in [5.41, 5.74) is 1.93. The average Bonchev–Trinajstić information content (AvgIpc) is 2.67. The fraction of sp³-hybridized carbons (Fsp3) is 0.150. The van der Waals surface area contributed by atoms with E-state index in [-0.39, 0.29) is 12.5 Å². The molecule has 0 atom stereocenters. The molecule has 6 heteroatoms. The van der Waals surface area contributed by atoms with E-state index in [9.17, 15) is 9.59 Å². The fourth-order valence-electron chi connectivity index (χ4n) is 2.63. The maximum Gasteiger partial charge on any atom is 0.336 e. The van der Waals surface area contributed by atoms with Crippen LogP contribution in [0.25, 0.3) is 11.0 Å². The topological polar surface area (TPSA) is 80.9 Å². The summed E-state index contributed by atoms with van der Waals surface area (Å²) in [6.07, 6.45) is 0. The summed E-state index contributed by atoms with van der Waals surface area (Å²) >= 11 is 0. The molecule has 0 bridgehead atoms. The van der Waals surface area contributed by atoms with E-state index >= 15 is 0 Å². The highest BCUT2D eigenvalue weighted by Crippen LogP contribution is 2.21. The predicted octanol–water partition coefficient (Wildman–Crippen LogP) is 2.54. The van der Waals surface area contributed by atoms with Gasteiger partial charge in [0.15, 0.2) is 0 Å². The summed E-state index contributed by atoms with van der Waals surface area (Å²) in [5, 5.41) is 3.41. The molecule has 1 N–H and O–H groups in total. The first-order chi connectivity index (χ1) is 12.6. The van der Waals surface area contributed by atoms with Crippen molar-refractivity contribution in [2.45, 2.75) is 6.61 Å². The van der Waals surface area contributed by atoms with Crippen LogP contribution < -0.4 is 15.7 Å². The van der Waals surface area contributed by atoms with Crippen molar-refractivity contribution >= 4 is 22.6 Å². The minimum atomic E-state index is -0.408. The molecule has 2 aromatic carbocycles. The normalized spacial score (nSPS) is 11.4. The van der Waals surface area contributed by atoms with Gasteiger partial charge in [0.05, 0.1) is 0 Å². The number of rotatable bonds is 5. The number of benzene rings is 2. The lowest BCUT2D eigenvalue weighted by molar-refractivity contribution is -0.114. The van der Waals surface area contributed by atoms with Crippen LogP contribution in [-0.4, -0.2) is 25.7 Å². The molecule has 0 aliphatic heterocycles. The van der Waals surface area contributed by atoms with Crippen molar-refractivity contribution in [3.05, 3.63) is 76.1 Å². The Kier molecular flexibility index (Phi) is 5.12. The molecular weight excluding hydrogens is 332 g/mol. The van der Waals surface area contributed by atoms with Gasteiger partial charge < -0.3 is 14.5 Å². The third kappa shape index (κ3) is 3.64. The minimum absolute atomic E-state index is 0.245. The second-order valence-electron chi connectivity index (χ2n) is 5.55. The molecule has 0 aliphatic carbocycles. The largest absolute Gasteiger partial charge is 0.489 e. The van der Waals surface area contributed by atoms with E-state index in [4.69, 9.17) is 9.15 Å². The van der Waals surface area contributed by atoms with E-state index in [0.717, 1.165) is 10.9 Å². The molecule has 0 aliphatic rings. The Morgan fingerprint density at radius 2 is 1.92 bits per heavy atom. The number of hydrogen-bond acceptors (Lipinski definition) is 5. The molecule has 1 heterocycles. The summed E-state index contributed by atoms with van der Waals surface area (Å²) in [5.74, 6) is 0.309. The zero-order valence-corrected chi connectivity index (χ0v) is 14.5. The molecule has 0 spiro atoms. The standard InChI is InChI=1S/C20H18N2O4/c1-21-19(20(24)22-2)16-6-4-3-5-14(16)12-25-15-9-7-13-8-10-18(23)26-17(13)11-15/h3-11H,12H2,1-2H3,(H,22,24). The zero-order valence-electron chi connectivity index (χ0n) is 14.5. The van der Waals surface area contributed by atoms with Crippen LogP contribution in [0.1, 0.15) is 11.1 Å². The lowest BCUT2D eigenvalue weighted by atomic mass is 10.0. The molecule has 0 saturated carbocycles. The van der Waals surface area contributed by atoms with Crippen LogP contribution in [0.15, 0.2) is 68.8 Å². The van der Waals surface area contributed by atoms with Crippen molar-refractivity contribution < 1.29 is 13.9 Å². The maximum atomic E-state index is 12.0. The van der Waals surface area contributed by atoms with Gasteiger partial charge in [-0.05, 0) is 23.8 Å². The molecule has 3 rings (SSSR count). The number of likely N-dealkylation sites (N-methyl/N-ethyl adjacent to an activating group) is 1. The number of nitrogens with zero attached hydrogens (tertiary/aromatic N) is 1. The van der Waals surface area contributed by atoms with Gasteiger partial charge in [0, 0.05) is 37.2 Å². The third-order valence-corrected chi connectivity index (χ3v) is 3.93. The van der Waals surface area contributed by atoms with Gasteiger partial charge in [-0.2, -0.15) is 0 Å². The van der Waals surface area contributed by atoms with Crippen LogP contribution in [0.5, 0.6) is 5.75 Å². The molecule has 0 radical (unpaired) electrons. The SMILES string of the molecule is CN=C(C(=O)NC)c1ccccc1COc1ccc2ccc(=O)oc2c1. The zero-order chi connectivity index (χ0) is 18.5. The average molecular weight is 350 g/mol. The first-order valence-electron chi connectivity index (χ1n) is 8.06. The van der Waals surface area contributed by atoms with Gasteiger partial charge in [-0.1, -0.05) is 24.3 Å². The number of carbonyl (C=O) groups excluding carboxylic acids is 1. The molecule has 26 heavy (non-hydrogen) atoms. The monoisotopic (exact) mass is 350 g/mol. The van der Waals surface area contributed by atoms with Gasteiger partial charge in [0.25, 0.3) is 5.91 Å². The summed E-state index contributed by atoms with van der Waals surface area (Å²) in [6, 6.07) is 15.8. The first kappa shape index (κ1) is 17.4. The number of amides is 1. The Bertz CT molecular complexity index is 1040. The van der Waals surface area contributed by atoms with Crippen molar-refractivity contribution in [3.8, 4) is 5.75 Å². The van der Waals surface area contributed by atoms with E-state index in [1.807, 2.05) is 30.3 Å². The fourth-order valence-corrected chi connectivity index (χ4v) is 2.63. The van der Waals surface area contributed by atoms with Crippen molar-refractivity contribution in [2.24, 2.45) is 4.99 Å². The summed E-state index contributed by atoms with van der Waals surface area (Å²) < 4.78 is 11.0. The van der Waals surface area contributed by atoms with Crippen LogP contribution in [-0.2, 0) is 11.4 Å². The Labute approximate surface area is 150 Å². The molecule has 6 nitrogen and oxygen atoms in total. The van der Waals surface area contributed by atoms with E-state index in [0.29, 0.717) is 22.6 Å². The highest BCUT2D eigenvalue weighted by Gasteiger charge is 2.15. The van der Waals surface area contributed by atoms with Gasteiger partial charge in [-0.3, -0.25) is 9.79 Å². The van der Waals surface area contributed by atoms with Crippen molar-refractivity contribution in [2.75, 3.05) is 14.1 Å². The summed E-state index contributed by atoms with van der Waals surface area (Å²) in [4.78, 5) is 27.5. The van der Waals surface area contributed by atoms with Crippen molar-refractivity contribution in [3.63, 3.8) is 0 Å². The van der Waals surface area contributed by atoms with E-state index < -0.39 is 5.63 Å². The molecule has 1 aromatic heterocycles. The molecule has 0 fully saturated rings. The first-order valence-corrected chi connectivity index (χ1v) is 8.06. The Morgan fingerprint density at radius 3 is 2.69 bits per heavy atom. The molecule has 3 aromatic rings. The van der Waals surface area contributed by atoms with E-state index in [1.165, 1.54) is 6.07 Å². The number of aliphatic imine (C=N–C) groups is 1. The Morgan fingerprint density at radius 1 is 1.15 bits per heavy atom. The lowest BCUT2D eigenvalue weighted by Gasteiger charge is -2.12. The van der Waals surface area contributed by atoms with Crippen LogP contribution in [0.2, 0.25) is 0 Å². The summed E-state index contributed by atoms with van der Waals surface area (Å²) in [6.45, 7) is 0.245. The van der Waals surface area contributed by atoms with Gasteiger partial charge >= 0.3 is 5.63 Å². The molecule has 0 saturated heterocycles. The predicted molar refractivity (Wildman–Crippen MR) is 99.8 cm³/mol. The number of carbonyl (C=O) groups is 1. The molecule has 0 unspecified atom stereocenters. The molecule has 1 amide bonds. The number of nitrogens with one attached hydrogen (secondary N) is 1. The van der Waals surface area contributed by atoms with Gasteiger partial charge in [0.2, 0.25) is 0 Å². The van der Waals surface area contributed by atoms with Gasteiger partial charge in [-0.15, -0.1) is 0 Å². The van der Waals surface area contributed by atoms with Crippen LogP contribution >= 0.6 is 0 Å². The quantitative estimate of drug-likeness (QED) is 0.566. The van der Waals surface area contributed by atoms with Crippen LogP contribution in [0.3, 0.4) is 0 Å². The minimum Gasteiger partial charge on any atom is -0.489 e. The second-order valence-corrected chi connectivity index (χ2v) is 5.55. The van der Waals surface area contributed by atoms with Crippen LogP contribution in [0.4, 0.5) is 0 Å². The third-order valence-electron chi connectivity index (χ3n) is 3.93. The number of ether oxygens (including phenoxy) is 1. The van der Waals surface area contributed by atoms with Crippen LogP contribution in [0, 0.1) is 0 Å². The highest BCUT2D eigenvalue weighted by atomic mass is 16.5. The van der Waals surface area contributed by atoms with E-state index in [2.05, 4.69) is 10.3 Å². The maximum absolute atomic E-state index is 12.0. The Balaban J connectivity index is 1.86. The Hall–Kier alpha value is -3.41. The summed E-state index contributed by atoms with van der Waals surface area (Å²) in [7, 11) is 3.14. The highest BCUT2D eigenvalue weighted by molar-refractivity contribution is 6.45. The van der Waals surface area contributed by atoms with Crippen molar-refractivity contribution in [1.29, 1.82) is 0 Å². The van der Waals surface area contributed by atoms with Gasteiger partial charge in [0.1, 0.15) is 23.7 Å². The van der Waals surface area contributed by atoms with Gasteiger partial charge in [-0.25, -0.2) is 4.79 Å². The number of hydrogen-bond donors (Lipinski definition) is 1. The lowest BCUT2D eigenvalue weighted by Crippen LogP contribution is -2.29.